The number of carbonyl (C=O) groups excluding carboxylic acids is 1. The molecular weight excluding hydrogens is 226 g/mol. The number of rotatable bonds is 5. The first-order chi connectivity index (χ1) is 8.04. The van der Waals surface area contributed by atoms with E-state index in [2.05, 4.69) is 14.7 Å². The lowest BCUT2D eigenvalue weighted by Crippen LogP contribution is -2.23. The molecular formula is C10H13N3O4. The van der Waals surface area contributed by atoms with Gasteiger partial charge in [-0.2, -0.15) is 0 Å². The number of anilines is 1. The van der Waals surface area contributed by atoms with E-state index >= 15 is 0 Å². The van der Waals surface area contributed by atoms with Crippen molar-refractivity contribution < 1.29 is 19.4 Å². The third-order valence-electron chi connectivity index (χ3n) is 2.06. The van der Waals surface area contributed by atoms with Gasteiger partial charge in [0.15, 0.2) is 0 Å². The summed E-state index contributed by atoms with van der Waals surface area (Å²) in [5.74, 6) is -1.09. The van der Waals surface area contributed by atoms with E-state index in [1.165, 1.54) is 13.3 Å². The normalized spacial score (nSPS) is 9.76. The van der Waals surface area contributed by atoms with E-state index in [0.29, 0.717) is 12.4 Å². The molecule has 1 N–H and O–H groups in total. The highest BCUT2D eigenvalue weighted by molar-refractivity contribution is 5.85. The van der Waals surface area contributed by atoms with E-state index in [0.717, 1.165) is 0 Å². The molecule has 0 atom stereocenters. The predicted molar refractivity (Wildman–Crippen MR) is 58.9 cm³/mol. The number of methoxy groups -OCH3 is 1. The van der Waals surface area contributed by atoms with Crippen molar-refractivity contribution in [3.05, 3.63) is 18.1 Å². The molecule has 0 fully saturated rings. The van der Waals surface area contributed by atoms with Crippen LogP contribution in [0.4, 0.5) is 5.82 Å². The Morgan fingerprint density at radius 3 is 2.82 bits per heavy atom. The molecule has 0 saturated carbocycles. The van der Waals surface area contributed by atoms with Crippen LogP contribution in [0.5, 0.6) is 0 Å². The van der Waals surface area contributed by atoms with Crippen molar-refractivity contribution >= 4 is 17.8 Å². The minimum Gasteiger partial charge on any atom is -0.481 e. The van der Waals surface area contributed by atoms with Gasteiger partial charge >= 0.3 is 11.9 Å². The fourth-order valence-corrected chi connectivity index (χ4v) is 1.13. The lowest BCUT2D eigenvalue weighted by atomic mass is 10.4. The Hall–Kier alpha value is -2.18. The molecule has 1 heterocycles. The van der Waals surface area contributed by atoms with Crippen molar-refractivity contribution in [2.75, 3.05) is 25.6 Å². The molecule has 0 aliphatic heterocycles. The third-order valence-corrected chi connectivity index (χ3v) is 2.06. The number of aromatic nitrogens is 2. The third kappa shape index (κ3) is 3.71. The number of aliphatic carboxylic acids is 1. The number of carbonyl (C=O) groups is 2. The molecule has 7 heteroatoms. The van der Waals surface area contributed by atoms with Crippen LogP contribution >= 0.6 is 0 Å². The van der Waals surface area contributed by atoms with Crippen molar-refractivity contribution in [1.29, 1.82) is 0 Å². The summed E-state index contributed by atoms with van der Waals surface area (Å²) in [6.07, 6.45) is 1.42. The molecule has 0 aromatic carbocycles. The topological polar surface area (TPSA) is 92.6 Å². The van der Waals surface area contributed by atoms with Crippen LogP contribution in [0, 0.1) is 0 Å². The molecule has 0 saturated heterocycles. The Morgan fingerprint density at radius 2 is 2.24 bits per heavy atom. The average molecular weight is 239 g/mol. The number of hydrogen-bond donors (Lipinski definition) is 1. The summed E-state index contributed by atoms with van der Waals surface area (Å²) < 4.78 is 4.49. The maximum Gasteiger partial charge on any atom is 0.376 e. The lowest BCUT2D eigenvalue weighted by Gasteiger charge is -2.16. The summed E-state index contributed by atoms with van der Waals surface area (Å²) >= 11 is 0. The molecule has 1 aromatic rings. The highest BCUT2D eigenvalue weighted by Crippen LogP contribution is 2.08. The second kappa shape index (κ2) is 5.78. The van der Waals surface area contributed by atoms with Crippen molar-refractivity contribution in [2.45, 2.75) is 6.42 Å². The van der Waals surface area contributed by atoms with Gasteiger partial charge in [0.25, 0.3) is 0 Å². The summed E-state index contributed by atoms with van der Waals surface area (Å²) in [7, 11) is 2.93. The van der Waals surface area contributed by atoms with E-state index in [1.54, 1.807) is 18.0 Å². The highest BCUT2D eigenvalue weighted by Gasteiger charge is 2.12. The molecule has 17 heavy (non-hydrogen) atoms. The zero-order valence-corrected chi connectivity index (χ0v) is 9.58. The molecule has 0 amide bonds. The van der Waals surface area contributed by atoms with Crippen LogP contribution in [0.1, 0.15) is 17.0 Å². The van der Waals surface area contributed by atoms with Crippen LogP contribution in [0.3, 0.4) is 0 Å². The first-order valence-electron chi connectivity index (χ1n) is 4.89. The maximum absolute atomic E-state index is 11.2. The van der Waals surface area contributed by atoms with E-state index in [-0.39, 0.29) is 12.2 Å². The Labute approximate surface area is 98.1 Å². The fraction of sp³-hybridized carbons (Fsp3) is 0.400. The minimum absolute atomic E-state index is 0.00589. The Morgan fingerprint density at radius 1 is 1.53 bits per heavy atom. The Bertz CT molecular complexity index is 422. The number of ether oxygens (including phenoxy) is 1. The van der Waals surface area contributed by atoms with E-state index < -0.39 is 11.9 Å². The Kier molecular flexibility index (Phi) is 4.38. The van der Waals surface area contributed by atoms with Gasteiger partial charge in [-0.1, -0.05) is 0 Å². The first-order valence-corrected chi connectivity index (χ1v) is 4.89. The van der Waals surface area contributed by atoms with Crippen LogP contribution in [-0.2, 0) is 9.53 Å². The van der Waals surface area contributed by atoms with Gasteiger partial charge in [0.05, 0.1) is 13.5 Å². The number of nitrogens with zero attached hydrogens (tertiary/aromatic N) is 3. The van der Waals surface area contributed by atoms with Gasteiger partial charge in [0, 0.05) is 19.8 Å². The summed E-state index contributed by atoms with van der Waals surface area (Å²) in [6.45, 7) is 0.299. The van der Waals surface area contributed by atoms with Gasteiger partial charge in [0.2, 0.25) is 5.82 Å². The zero-order chi connectivity index (χ0) is 12.8. The summed E-state index contributed by atoms with van der Waals surface area (Å²) in [6, 6.07) is 1.59. The van der Waals surface area contributed by atoms with Crippen LogP contribution in [0.2, 0.25) is 0 Å². The molecule has 0 spiro atoms. The van der Waals surface area contributed by atoms with Crippen LogP contribution < -0.4 is 4.90 Å². The van der Waals surface area contributed by atoms with Crippen molar-refractivity contribution in [2.24, 2.45) is 0 Å². The van der Waals surface area contributed by atoms with Crippen molar-refractivity contribution in [3.8, 4) is 0 Å². The molecule has 1 rings (SSSR count). The van der Waals surface area contributed by atoms with Crippen LogP contribution in [-0.4, -0.2) is 47.7 Å². The minimum atomic E-state index is -0.890. The zero-order valence-electron chi connectivity index (χ0n) is 9.58. The van der Waals surface area contributed by atoms with Crippen molar-refractivity contribution in [1.82, 2.24) is 9.97 Å². The van der Waals surface area contributed by atoms with E-state index in [4.69, 9.17) is 5.11 Å². The van der Waals surface area contributed by atoms with E-state index in [1.807, 2.05) is 0 Å². The number of carboxylic acids is 1. The summed E-state index contributed by atoms with van der Waals surface area (Å²) in [4.78, 5) is 31.0. The number of esters is 1. The molecule has 7 nitrogen and oxygen atoms in total. The van der Waals surface area contributed by atoms with Crippen LogP contribution in [0.25, 0.3) is 0 Å². The standard InChI is InChI=1S/C10H13N3O4/c1-13(6-4-8(14)15)7-3-5-11-9(12-7)10(16)17-2/h3,5H,4,6H2,1-2H3,(H,14,15). The quantitative estimate of drug-likeness (QED) is 0.732. The van der Waals surface area contributed by atoms with Gasteiger partial charge in [-0.15, -0.1) is 0 Å². The molecule has 0 unspecified atom stereocenters. The molecule has 0 radical (unpaired) electrons. The molecule has 1 aromatic heterocycles. The fourth-order valence-electron chi connectivity index (χ4n) is 1.13. The predicted octanol–water partition coefficient (Wildman–Crippen LogP) is 0.174. The average Bonchev–Trinajstić information content (AvgIpc) is 2.35. The van der Waals surface area contributed by atoms with Gasteiger partial charge in [-0.05, 0) is 6.07 Å². The van der Waals surface area contributed by atoms with Crippen LogP contribution in [0.15, 0.2) is 12.3 Å². The first kappa shape index (κ1) is 12.9. The van der Waals surface area contributed by atoms with Crippen molar-refractivity contribution in [3.63, 3.8) is 0 Å². The van der Waals surface area contributed by atoms with Gasteiger partial charge in [-0.25, -0.2) is 14.8 Å². The monoisotopic (exact) mass is 239 g/mol. The number of hydrogen-bond acceptors (Lipinski definition) is 6. The van der Waals surface area contributed by atoms with Gasteiger partial charge in [0.1, 0.15) is 5.82 Å². The second-order valence-electron chi connectivity index (χ2n) is 3.30. The number of carboxylic acid groups (broad SMARTS) is 1. The molecule has 0 aliphatic rings. The largest absolute Gasteiger partial charge is 0.481 e. The summed E-state index contributed by atoms with van der Waals surface area (Å²) in [5.41, 5.74) is 0. The Balaban J connectivity index is 2.76. The lowest BCUT2D eigenvalue weighted by molar-refractivity contribution is -0.136. The molecule has 92 valence electrons. The van der Waals surface area contributed by atoms with E-state index in [9.17, 15) is 9.59 Å². The molecule has 0 aliphatic carbocycles. The molecule has 0 bridgehead atoms. The highest BCUT2D eigenvalue weighted by atomic mass is 16.5. The second-order valence-corrected chi connectivity index (χ2v) is 3.30. The summed E-state index contributed by atoms with van der Waals surface area (Å²) in [5, 5.41) is 8.56. The maximum atomic E-state index is 11.2. The smallest absolute Gasteiger partial charge is 0.376 e. The SMILES string of the molecule is COC(=O)c1nccc(N(C)CCC(=O)O)n1. The van der Waals surface area contributed by atoms with Gasteiger partial charge < -0.3 is 14.7 Å². The van der Waals surface area contributed by atoms with Gasteiger partial charge in [-0.3, -0.25) is 4.79 Å².